The van der Waals surface area contributed by atoms with Crippen molar-refractivity contribution in [2.24, 2.45) is 5.92 Å². The normalized spacial score (nSPS) is 21.8. The van der Waals surface area contributed by atoms with Crippen LogP contribution in [0.4, 0.5) is 0 Å². The number of halogens is 2. The predicted octanol–water partition coefficient (Wildman–Crippen LogP) is -4.02. The Morgan fingerprint density at radius 2 is 1.75 bits per heavy atom. The summed E-state index contributed by atoms with van der Waals surface area (Å²) in [6.45, 7) is 12.6. The molecule has 0 saturated carbocycles. The molecular weight excluding hydrogens is 478 g/mol. The van der Waals surface area contributed by atoms with Gasteiger partial charge in [-0.25, -0.2) is 0 Å². The summed E-state index contributed by atoms with van der Waals surface area (Å²) in [6, 6.07) is 0. The summed E-state index contributed by atoms with van der Waals surface area (Å²) >= 11 is 0. The van der Waals surface area contributed by atoms with Gasteiger partial charge in [0.1, 0.15) is 6.54 Å². The fourth-order valence-corrected chi connectivity index (χ4v) is 2.90. The Morgan fingerprint density at radius 3 is 2.25 bits per heavy atom. The zero-order valence-corrected chi connectivity index (χ0v) is 18.3. The van der Waals surface area contributed by atoms with E-state index in [0.29, 0.717) is 0 Å². The van der Waals surface area contributed by atoms with Crippen molar-refractivity contribution in [2.45, 2.75) is 26.7 Å². The number of piperidine rings is 1. The molecule has 1 atom stereocenters. The number of ether oxygens (including phenoxy) is 1. The largest absolute Gasteiger partial charge is 1.00 e. The molecule has 124 valence electrons. The van der Waals surface area contributed by atoms with Gasteiger partial charge in [-0.15, -0.1) is 0 Å². The summed E-state index contributed by atoms with van der Waals surface area (Å²) in [5, 5.41) is 0. The average molecular weight is 512 g/mol. The molecule has 1 fully saturated rings. The second kappa shape index (κ2) is 11.0. The van der Waals surface area contributed by atoms with E-state index < -0.39 is 0 Å². The van der Waals surface area contributed by atoms with E-state index >= 15 is 0 Å². The molecule has 3 nitrogen and oxygen atoms in total. The highest BCUT2D eigenvalue weighted by Crippen LogP contribution is 2.20. The van der Waals surface area contributed by atoms with E-state index in [4.69, 9.17) is 4.74 Å². The number of quaternary nitrogens is 2. The smallest absolute Gasteiger partial charge is 0.102 e. The number of likely N-dealkylation sites (N-methyl/N-ethyl adjacent to an activating group) is 1. The van der Waals surface area contributed by atoms with Crippen molar-refractivity contribution in [3.8, 4) is 0 Å². The third kappa shape index (κ3) is 8.70. The third-order valence-corrected chi connectivity index (χ3v) is 4.78. The highest BCUT2D eigenvalue weighted by molar-refractivity contribution is 4.62. The van der Waals surface area contributed by atoms with Crippen molar-refractivity contribution in [1.29, 1.82) is 0 Å². The van der Waals surface area contributed by atoms with Crippen LogP contribution in [0.25, 0.3) is 0 Å². The van der Waals surface area contributed by atoms with Crippen LogP contribution in [0.1, 0.15) is 26.7 Å². The van der Waals surface area contributed by atoms with Crippen LogP contribution in [0, 0.1) is 5.92 Å². The van der Waals surface area contributed by atoms with Gasteiger partial charge in [0.25, 0.3) is 0 Å². The van der Waals surface area contributed by atoms with Crippen LogP contribution in [0.3, 0.4) is 0 Å². The van der Waals surface area contributed by atoms with Crippen LogP contribution in [-0.4, -0.2) is 76.0 Å². The van der Waals surface area contributed by atoms with E-state index in [1.165, 1.54) is 43.5 Å². The first-order valence-electron chi connectivity index (χ1n) is 7.64. The average Bonchev–Trinajstić information content (AvgIpc) is 2.33. The Labute approximate surface area is 160 Å². The molecule has 0 aromatic rings. The van der Waals surface area contributed by atoms with Gasteiger partial charge in [-0.1, -0.05) is 0 Å². The van der Waals surface area contributed by atoms with Crippen molar-refractivity contribution in [2.75, 3.05) is 67.1 Å². The lowest BCUT2D eigenvalue weighted by Crippen LogP contribution is -3.00. The fraction of sp³-hybridized carbons (Fsp3) is 1.00. The molecule has 0 N–H and O–H groups in total. The molecule has 1 saturated heterocycles. The maximum absolute atomic E-state index is 5.94. The number of likely N-dealkylation sites (tertiary alicyclic amines) is 1. The molecule has 1 heterocycles. The third-order valence-electron chi connectivity index (χ3n) is 4.78. The predicted molar refractivity (Wildman–Crippen MR) is 77.5 cm³/mol. The number of hydrogen-bond acceptors (Lipinski definition) is 1. The summed E-state index contributed by atoms with van der Waals surface area (Å²) in [7, 11) is 7.01. The molecular formula is C15H34I2N2O. The molecule has 0 bridgehead atoms. The summed E-state index contributed by atoms with van der Waals surface area (Å²) in [6.07, 6.45) is 2.72. The SMILES string of the molecule is CC[N+](C)(CC)CCOCC1CCC[N+](C)(C)C1.[I-].[I-]. The van der Waals surface area contributed by atoms with Gasteiger partial charge < -0.3 is 61.7 Å². The Kier molecular flexibility index (Phi) is 12.9. The highest BCUT2D eigenvalue weighted by Gasteiger charge is 2.27. The van der Waals surface area contributed by atoms with Crippen LogP contribution in [0.15, 0.2) is 0 Å². The summed E-state index contributed by atoms with van der Waals surface area (Å²) in [5.74, 6) is 0.774. The molecule has 1 rings (SSSR count). The van der Waals surface area contributed by atoms with E-state index in [2.05, 4.69) is 35.0 Å². The molecule has 0 aliphatic carbocycles. The van der Waals surface area contributed by atoms with Crippen molar-refractivity contribution < 1.29 is 61.7 Å². The molecule has 0 radical (unpaired) electrons. The Balaban J connectivity index is 0. The van der Waals surface area contributed by atoms with E-state index in [1.54, 1.807) is 0 Å². The quantitative estimate of drug-likeness (QED) is 0.192. The van der Waals surface area contributed by atoms with Crippen LogP contribution < -0.4 is 48.0 Å². The lowest BCUT2D eigenvalue weighted by atomic mass is 9.98. The maximum atomic E-state index is 5.94. The molecule has 20 heavy (non-hydrogen) atoms. The van der Waals surface area contributed by atoms with Gasteiger partial charge in [0.05, 0.1) is 60.5 Å². The maximum Gasteiger partial charge on any atom is 0.102 e. The monoisotopic (exact) mass is 512 g/mol. The molecule has 1 unspecified atom stereocenters. The van der Waals surface area contributed by atoms with Crippen molar-refractivity contribution >= 4 is 0 Å². The van der Waals surface area contributed by atoms with Crippen LogP contribution in [0.2, 0.25) is 0 Å². The first-order valence-corrected chi connectivity index (χ1v) is 7.64. The number of nitrogens with zero attached hydrogens (tertiary/aromatic N) is 2. The summed E-state index contributed by atoms with van der Waals surface area (Å²) in [4.78, 5) is 0. The highest BCUT2D eigenvalue weighted by atomic mass is 127. The Bertz CT molecular complexity index is 246. The molecule has 0 spiro atoms. The van der Waals surface area contributed by atoms with Crippen LogP contribution in [-0.2, 0) is 4.74 Å². The van der Waals surface area contributed by atoms with E-state index in [1.807, 2.05) is 0 Å². The van der Waals surface area contributed by atoms with Gasteiger partial charge in [0, 0.05) is 5.92 Å². The van der Waals surface area contributed by atoms with Gasteiger partial charge >= 0.3 is 0 Å². The summed E-state index contributed by atoms with van der Waals surface area (Å²) in [5.41, 5.74) is 0. The van der Waals surface area contributed by atoms with E-state index in [9.17, 15) is 0 Å². The lowest BCUT2D eigenvalue weighted by molar-refractivity contribution is -0.906. The van der Waals surface area contributed by atoms with Gasteiger partial charge in [0.15, 0.2) is 0 Å². The Hall–Kier alpha value is 1.34. The van der Waals surface area contributed by atoms with Crippen molar-refractivity contribution in [3.05, 3.63) is 0 Å². The van der Waals surface area contributed by atoms with Crippen LogP contribution >= 0.6 is 0 Å². The standard InChI is InChI=1S/C15H34N2O.2HI/c1-6-17(5,7-2)11-12-18-14-15-9-8-10-16(3,4)13-15;;/h15H,6-14H2,1-5H3;2*1H/q+2;;/p-2. The topological polar surface area (TPSA) is 9.23 Å². The minimum absolute atomic E-state index is 0. The van der Waals surface area contributed by atoms with Crippen LogP contribution in [0.5, 0.6) is 0 Å². The minimum Gasteiger partial charge on any atom is -1.00 e. The fourth-order valence-electron chi connectivity index (χ4n) is 2.90. The molecule has 0 aromatic heterocycles. The second-order valence-corrected chi connectivity index (χ2v) is 6.90. The van der Waals surface area contributed by atoms with Gasteiger partial charge in [-0.05, 0) is 26.7 Å². The zero-order chi connectivity index (χ0) is 13.6. The lowest BCUT2D eigenvalue weighted by Gasteiger charge is -2.38. The zero-order valence-electron chi connectivity index (χ0n) is 14.0. The molecule has 1 aliphatic rings. The van der Waals surface area contributed by atoms with Gasteiger partial charge in [0.2, 0.25) is 0 Å². The van der Waals surface area contributed by atoms with Gasteiger partial charge in [-0.2, -0.15) is 0 Å². The molecule has 5 heteroatoms. The van der Waals surface area contributed by atoms with E-state index in [0.717, 1.165) is 30.2 Å². The van der Waals surface area contributed by atoms with Gasteiger partial charge in [-0.3, -0.25) is 0 Å². The van der Waals surface area contributed by atoms with E-state index in [-0.39, 0.29) is 48.0 Å². The number of rotatable bonds is 7. The van der Waals surface area contributed by atoms with Crippen molar-refractivity contribution in [1.82, 2.24) is 0 Å². The second-order valence-electron chi connectivity index (χ2n) is 6.90. The molecule has 1 aliphatic heterocycles. The molecule has 0 amide bonds. The summed E-state index contributed by atoms with van der Waals surface area (Å²) < 4.78 is 8.24. The number of hydrogen-bond donors (Lipinski definition) is 0. The van der Waals surface area contributed by atoms with Crippen molar-refractivity contribution in [3.63, 3.8) is 0 Å². The molecule has 0 aromatic carbocycles. The first-order chi connectivity index (χ1) is 8.41. The Morgan fingerprint density at radius 1 is 1.15 bits per heavy atom. The first kappa shape index (κ1) is 23.6. The minimum atomic E-state index is 0.